The molecule has 0 spiro atoms. The van der Waals surface area contributed by atoms with Gasteiger partial charge in [-0.2, -0.15) is 0 Å². The van der Waals surface area contributed by atoms with Crippen LogP contribution in [0.15, 0.2) is 6.07 Å². The monoisotopic (exact) mass is 192 g/mol. The number of alkyl halides is 2. The molecule has 0 amide bonds. The van der Waals surface area contributed by atoms with Gasteiger partial charge < -0.3 is 5.73 Å². The number of nitrogens with zero attached hydrogens (tertiary/aromatic N) is 1. The second kappa shape index (κ2) is 3.23. The number of anilines is 1. The number of hydrogen-bond donors (Lipinski definition) is 1. The molecule has 0 atom stereocenters. The van der Waals surface area contributed by atoms with Crippen molar-refractivity contribution in [3.8, 4) is 0 Å². The quantitative estimate of drug-likeness (QED) is 0.695. The van der Waals surface area contributed by atoms with E-state index < -0.39 is 6.43 Å². The van der Waals surface area contributed by atoms with Gasteiger partial charge in [0, 0.05) is 11.4 Å². The maximum absolute atomic E-state index is 12.3. The Morgan fingerprint density at radius 3 is 2.58 bits per heavy atom. The largest absolute Gasteiger partial charge is 0.398 e. The molecular formula is C7H7ClF2N2. The highest BCUT2D eigenvalue weighted by molar-refractivity contribution is 6.29. The average Bonchev–Trinajstić information content (AvgIpc) is 1.82. The number of aryl methyl sites for hydroxylation is 1. The summed E-state index contributed by atoms with van der Waals surface area (Å²) < 4.78 is 24.5. The zero-order valence-corrected chi connectivity index (χ0v) is 7.07. The minimum absolute atomic E-state index is 0.0116. The topological polar surface area (TPSA) is 38.9 Å². The maximum Gasteiger partial charge on any atom is 0.267 e. The van der Waals surface area contributed by atoms with Gasteiger partial charge in [0.1, 0.15) is 5.15 Å². The Morgan fingerprint density at radius 1 is 1.58 bits per heavy atom. The highest BCUT2D eigenvalue weighted by atomic mass is 35.5. The van der Waals surface area contributed by atoms with Crippen LogP contribution in [0, 0.1) is 6.92 Å². The maximum atomic E-state index is 12.3. The smallest absolute Gasteiger partial charge is 0.267 e. The molecule has 0 aliphatic rings. The Labute approximate surface area is 73.4 Å². The van der Waals surface area contributed by atoms with Gasteiger partial charge in [0.15, 0.2) is 0 Å². The molecule has 0 aromatic carbocycles. The van der Waals surface area contributed by atoms with E-state index in [-0.39, 0.29) is 22.1 Å². The van der Waals surface area contributed by atoms with Gasteiger partial charge in [0.25, 0.3) is 6.43 Å². The number of halogens is 3. The highest BCUT2D eigenvalue weighted by Crippen LogP contribution is 2.28. The first-order valence-corrected chi connectivity index (χ1v) is 3.61. The Kier molecular flexibility index (Phi) is 2.47. The van der Waals surface area contributed by atoms with Crippen LogP contribution in [0.25, 0.3) is 0 Å². The molecule has 0 fully saturated rings. The van der Waals surface area contributed by atoms with Crippen molar-refractivity contribution in [1.29, 1.82) is 0 Å². The van der Waals surface area contributed by atoms with Crippen molar-refractivity contribution in [3.05, 3.63) is 22.5 Å². The lowest BCUT2D eigenvalue weighted by atomic mass is 10.2. The van der Waals surface area contributed by atoms with Crippen molar-refractivity contribution in [3.63, 3.8) is 0 Å². The molecule has 2 nitrogen and oxygen atoms in total. The van der Waals surface area contributed by atoms with E-state index in [1.807, 2.05) is 0 Å². The van der Waals surface area contributed by atoms with Gasteiger partial charge >= 0.3 is 0 Å². The lowest BCUT2D eigenvalue weighted by molar-refractivity contribution is 0.151. The van der Waals surface area contributed by atoms with E-state index in [2.05, 4.69) is 4.98 Å². The number of hydrogen-bond acceptors (Lipinski definition) is 2. The fourth-order valence-electron chi connectivity index (χ4n) is 0.952. The summed E-state index contributed by atoms with van der Waals surface area (Å²) in [6.45, 7) is 1.45. The van der Waals surface area contributed by atoms with Crippen molar-refractivity contribution in [2.24, 2.45) is 0 Å². The Balaban J connectivity index is 3.28. The number of pyridine rings is 1. The summed E-state index contributed by atoms with van der Waals surface area (Å²) in [5.41, 5.74) is 5.25. The van der Waals surface area contributed by atoms with E-state index in [0.29, 0.717) is 0 Å². The molecule has 1 aromatic heterocycles. The molecule has 0 saturated carbocycles. The van der Waals surface area contributed by atoms with Crippen LogP contribution in [0.3, 0.4) is 0 Å². The van der Waals surface area contributed by atoms with Crippen LogP contribution in [0.1, 0.15) is 17.7 Å². The predicted molar refractivity (Wildman–Crippen MR) is 43.4 cm³/mol. The molecule has 1 aromatic rings. The van der Waals surface area contributed by atoms with E-state index in [4.69, 9.17) is 17.3 Å². The molecule has 12 heavy (non-hydrogen) atoms. The van der Waals surface area contributed by atoms with E-state index >= 15 is 0 Å². The van der Waals surface area contributed by atoms with Crippen molar-refractivity contribution in [2.75, 3.05) is 5.73 Å². The van der Waals surface area contributed by atoms with E-state index in [9.17, 15) is 8.78 Å². The van der Waals surface area contributed by atoms with Crippen molar-refractivity contribution < 1.29 is 8.78 Å². The fourth-order valence-corrected chi connectivity index (χ4v) is 1.20. The first-order chi connectivity index (χ1) is 5.52. The molecule has 0 unspecified atom stereocenters. The zero-order chi connectivity index (χ0) is 9.30. The van der Waals surface area contributed by atoms with Crippen LogP contribution in [0.2, 0.25) is 5.15 Å². The minimum atomic E-state index is -2.60. The van der Waals surface area contributed by atoms with Crippen molar-refractivity contribution in [2.45, 2.75) is 13.3 Å². The van der Waals surface area contributed by atoms with Crippen LogP contribution in [-0.2, 0) is 0 Å². The molecule has 0 bridgehead atoms. The van der Waals surface area contributed by atoms with Gasteiger partial charge in [-0.3, -0.25) is 0 Å². The third-order valence-corrected chi connectivity index (χ3v) is 1.66. The Hall–Kier alpha value is -0.900. The summed E-state index contributed by atoms with van der Waals surface area (Å²) in [4.78, 5) is 3.66. The van der Waals surface area contributed by atoms with Crippen molar-refractivity contribution in [1.82, 2.24) is 4.98 Å². The lowest BCUT2D eigenvalue weighted by Crippen LogP contribution is -2.00. The molecule has 1 heterocycles. The second-order valence-electron chi connectivity index (χ2n) is 2.33. The number of rotatable bonds is 1. The van der Waals surface area contributed by atoms with Gasteiger partial charge in [-0.25, -0.2) is 13.8 Å². The van der Waals surface area contributed by atoms with E-state index in [1.54, 1.807) is 0 Å². The molecule has 0 saturated heterocycles. The molecule has 0 aliphatic carbocycles. The standard InChI is InChI=1S/C7H7ClF2N2/c1-3-6(7(9)10)4(11)2-5(8)12-3/h2,7H,1H3,(H2,11,12). The summed E-state index contributed by atoms with van der Waals surface area (Å²) in [6.07, 6.45) is -2.60. The third-order valence-electron chi connectivity index (χ3n) is 1.47. The molecule has 1 rings (SSSR count). The fraction of sp³-hybridized carbons (Fsp3) is 0.286. The van der Waals surface area contributed by atoms with Crippen LogP contribution < -0.4 is 5.73 Å². The van der Waals surface area contributed by atoms with Gasteiger partial charge in [0.05, 0.1) is 5.56 Å². The Morgan fingerprint density at radius 2 is 2.17 bits per heavy atom. The van der Waals surface area contributed by atoms with E-state index in [1.165, 1.54) is 13.0 Å². The summed E-state index contributed by atoms with van der Waals surface area (Å²) in [5, 5.41) is 0.134. The van der Waals surface area contributed by atoms with Crippen LogP contribution in [0.4, 0.5) is 14.5 Å². The number of nitrogen functional groups attached to an aromatic ring is 1. The lowest BCUT2D eigenvalue weighted by Gasteiger charge is -2.07. The van der Waals surface area contributed by atoms with Gasteiger partial charge in [0.2, 0.25) is 0 Å². The van der Waals surface area contributed by atoms with E-state index in [0.717, 1.165) is 0 Å². The predicted octanol–water partition coefficient (Wildman–Crippen LogP) is 2.56. The molecule has 0 aliphatic heterocycles. The van der Waals surface area contributed by atoms with Crippen LogP contribution >= 0.6 is 11.6 Å². The summed E-state index contributed by atoms with van der Waals surface area (Å²) in [7, 11) is 0. The van der Waals surface area contributed by atoms with Gasteiger partial charge in [-0.05, 0) is 13.0 Å². The van der Waals surface area contributed by atoms with Crippen molar-refractivity contribution >= 4 is 17.3 Å². The third kappa shape index (κ3) is 1.64. The second-order valence-corrected chi connectivity index (χ2v) is 2.72. The first-order valence-electron chi connectivity index (χ1n) is 3.23. The van der Waals surface area contributed by atoms with Crippen LogP contribution in [0.5, 0.6) is 0 Å². The molecule has 0 radical (unpaired) electrons. The molecule has 66 valence electrons. The number of aromatic nitrogens is 1. The normalized spacial score (nSPS) is 10.8. The zero-order valence-electron chi connectivity index (χ0n) is 6.31. The van der Waals surface area contributed by atoms with Gasteiger partial charge in [-0.15, -0.1) is 0 Å². The molecule has 2 N–H and O–H groups in total. The first kappa shape index (κ1) is 9.19. The SMILES string of the molecule is Cc1nc(Cl)cc(N)c1C(F)F. The number of nitrogens with two attached hydrogens (primary N) is 1. The molecular weight excluding hydrogens is 186 g/mol. The van der Waals surface area contributed by atoms with Gasteiger partial charge in [-0.1, -0.05) is 11.6 Å². The summed E-state index contributed by atoms with van der Waals surface area (Å²) in [5.74, 6) is 0. The van der Waals surface area contributed by atoms with Crippen LogP contribution in [-0.4, -0.2) is 4.98 Å². The minimum Gasteiger partial charge on any atom is -0.398 e. The highest BCUT2D eigenvalue weighted by Gasteiger charge is 2.15. The summed E-state index contributed by atoms with van der Waals surface area (Å²) >= 11 is 5.49. The summed E-state index contributed by atoms with van der Waals surface area (Å²) in [6, 6.07) is 1.22. The Bertz CT molecular complexity index is 278. The average molecular weight is 193 g/mol. The molecule has 5 heteroatoms.